The number of amides is 1. The maximum Gasteiger partial charge on any atom is 0.325 e. The first-order valence-electron chi connectivity index (χ1n) is 6.04. The molecule has 0 fully saturated rings. The van der Waals surface area contributed by atoms with E-state index in [2.05, 4.69) is 4.74 Å². The first-order valence-corrected chi connectivity index (χ1v) is 6.04. The minimum atomic E-state index is -0.949. The van der Waals surface area contributed by atoms with Crippen LogP contribution >= 0.6 is 0 Å². The molecule has 1 heterocycles. The van der Waals surface area contributed by atoms with Gasteiger partial charge in [-0.15, -0.1) is 0 Å². The summed E-state index contributed by atoms with van der Waals surface area (Å²) in [6.07, 6.45) is -0.589. The lowest BCUT2D eigenvalue weighted by molar-refractivity contribution is -0.140. The van der Waals surface area contributed by atoms with Crippen molar-refractivity contribution in [2.45, 2.75) is 19.1 Å². The van der Waals surface area contributed by atoms with E-state index in [9.17, 15) is 14.0 Å². The molecule has 0 saturated carbocycles. The number of benzene rings is 1. The van der Waals surface area contributed by atoms with Crippen LogP contribution in [0.2, 0.25) is 0 Å². The predicted octanol–water partition coefficient (Wildman–Crippen LogP) is 0.440. The number of hydrogen-bond donors (Lipinski definition) is 1. The zero-order valence-electron chi connectivity index (χ0n) is 11.1. The molecule has 1 aliphatic heterocycles. The number of rotatable bonds is 2. The number of nitrogens with two attached hydrogens (primary N) is 1. The van der Waals surface area contributed by atoms with Gasteiger partial charge in [-0.1, -0.05) is 0 Å². The minimum absolute atomic E-state index is 0.167. The Morgan fingerprint density at radius 2 is 2.25 bits per heavy atom. The second-order valence-corrected chi connectivity index (χ2v) is 4.46. The largest absolute Gasteiger partial charge is 0.486 e. The molecule has 0 spiro atoms. The predicted molar refractivity (Wildman–Crippen MR) is 68.8 cm³/mol. The zero-order chi connectivity index (χ0) is 14.9. The van der Waals surface area contributed by atoms with Crippen LogP contribution in [0.4, 0.5) is 10.1 Å². The van der Waals surface area contributed by atoms with Gasteiger partial charge < -0.3 is 15.2 Å². The van der Waals surface area contributed by atoms with Crippen LogP contribution in [-0.2, 0) is 14.3 Å². The molecule has 1 aromatic carbocycles. The molecule has 0 unspecified atom stereocenters. The van der Waals surface area contributed by atoms with E-state index < -0.39 is 29.8 Å². The van der Waals surface area contributed by atoms with Crippen molar-refractivity contribution in [3.63, 3.8) is 0 Å². The molecule has 7 heteroatoms. The van der Waals surface area contributed by atoms with Crippen molar-refractivity contribution < 1.29 is 23.5 Å². The Morgan fingerprint density at radius 3 is 2.90 bits per heavy atom. The number of nitrogens with zero attached hydrogens (tertiary/aromatic N) is 1. The molecule has 0 radical (unpaired) electrons. The smallest absolute Gasteiger partial charge is 0.325 e. The van der Waals surface area contributed by atoms with Crippen molar-refractivity contribution >= 4 is 17.6 Å². The maximum atomic E-state index is 13.4. The third-order valence-corrected chi connectivity index (χ3v) is 3.10. The molecule has 0 bridgehead atoms. The number of fused-ring (bicyclic) bond motifs is 1. The van der Waals surface area contributed by atoms with Gasteiger partial charge in [0.1, 0.15) is 30.3 Å². The number of anilines is 1. The van der Waals surface area contributed by atoms with Crippen LogP contribution in [0.1, 0.15) is 6.92 Å². The van der Waals surface area contributed by atoms with Crippen molar-refractivity contribution in [2.24, 2.45) is 5.73 Å². The fourth-order valence-electron chi connectivity index (χ4n) is 1.93. The van der Waals surface area contributed by atoms with E-state index in [-0.39, 0.29) is 12.2 Å². The van der Waals surface area contributed by atoms with E-state index >= 15 is 0 Å². The zero-order valence-corrected chi connectivity index (χ0v) is 11.1. The normalized spacial score (nSPS) is 21.8. The van der Waals surface area contributed by atoms with Crippen LogP contribution in [-0.4, -0.2) is 37.7 Å². The quantitative estimate of drug-likeness (QED) is 0.796. The minimum Gasteiger partial charge on any atom is -0.486 e. The molecule has 2 rings (SSSR count). The Bertz CT molecular complexity index is 549. The lowest BCUT2D eigenvalue weighted by Gasteiger charge is -2.22. The fraction of sp³-hybridized carbons (Fsp3) is 0.385. The van der Waals surface area contributed by atoms with Crippen LogP contribution < -0.4 is 15.4 Å². The number of hydrogen-bond acceptors (Lipinski definition) is 5. The highest BCUT2D eigenvalue weighted by Gasteiger charge is 2.35. The average molecular weight is 282 g/mol. The Morgan fingerprint density at radius 1 is 1.55 bits per heavy atom. The van der Waals surface area contributed by atoms with Gasteiger partial charge in [-0.05, 0) is 19.1 Å². The molecule has 1 aromatic rings. The summed E-state index contributed by atoms with van der Waals surface area (Å²) in [7, 11) is 1.20. The van der Waals surface area contributed by atoms with Gasteiger partial charge in [0, 0.05) is 6.07 Å². The summed E-state index contributed by atoms with van der Waals surface area (Å²) in [6.45, 7) is 1.28. The van der Waals surface area contributed by atoms with Gasteiger partial charge in [0.2, 0.25) is 5.91 Å². The second kappa shape index (κ2) is 5.46. The number of methoxy groups -OCH3 is 1. The SMILES string of the molecule is COC(=O)CN1C(=O)[C@@H](N)[C@@H](C)Oc2ccc(F)cc21. The van der Waals surface area contributed by atoms with Crippen molar-refractivity contribution in [1.82, 2.24) is 0 Å². The highest BCUT2D eigenvalue weighted by molar-refractivity contribution is 6.02. The Hall–Kier alpha value is -2.15. The highest BCUT2D eigenvalue weighted by atomic mass is 19.1. The number of carbonyl (C=O) groups excluding carboxylic acids is 2. The molecular weight excluding hydrogens is 267 g/mol. The molecule has 0 aliphatic carbocycles. The van der Waals surface area contributed by atoms with Crippen molar-refractivity contribution in [3.8, 4) is 5.75 Å². The molecule has 6 nitrogen and oxygen atoms in total. The Labute approximate surface area is 115 Å². The number of ether oxygens (including phenoxy) is 2. The molecule has 1 aliphatic rings. The molecule has 1 amide bonds. The second-order valence-electron chi connectivity index (χ2n) is 4.46. The highest BCUT2D eigenvalue weighted by Crippen LogP contribution is 2.33. The number of esters is 1. The monoisotopic (exact) mass is 282 g/mol. The van der Waals surface area contributed by atoms with E-state index in [0.29, 0.717) is 5.75 Å². The summed E-state index contributed by atoms with van der Waals surface area (Å²) in [5, 5.41) is 0. The lowest BCUT2D eigenvalue weighted by Crippen LogP contribution is -2.50. The van der Waals surface area contributed by atoms with E-state index in [1.807, 2.05) is 0 Å². The molecule has 20 heavy (non-hydrogen) atoms. The summed E-state index contributed by atoms with van der Waals surface area (Å²) < 4.78 is 23.5. The van der Waals surface area contributed by atoms with Crippen molar-refractivity contribution in [2.75, 3.05) is 18.6 Å². The van der Waals surface area contributed by atoms with Gasteiger partial charge in [0.15, 0.2) is 0 Å². The van der Waals surface area contributed by atoms with Crippen LogP contribution in [0.5, 0.6) is 5.75 Å². The maximum absolute atomic E-state index is 13.4. The summed E-state index contributed by atoms with van der Waals surface area (Å²) in [5.41, 5.74) is 5.95. The van der Waals surface area contributed by atoms with Crippen molar-refractivity contribution in [1.29, 1.82) is 0 Å². The Balaban J connectivity index is 2.48. The van der Waals surface area contributed by atoms with E-state index in [1.54, 1.807) is 6.92 Å². The summed E-state index contributed by atoms with van der Waals surface area (Å²) in [5.74, 6) is -1.40. The van der Waals surface area contributed by atoms with Crippen LogP contribution in [0, 0.1) is 5.82 Å². The van der Waals surface area contributed by atoms with E-state index in [1.165, 1.54) is 19.2 Å². The van der Waals surface area contributed by atoms with Gasteiger partial charge in [0.25, 0.3) is 0 Å². The standard InChI is InChI=1S/C13H15FN2O4/c1-7-12(15)13(18)16(6-11(17)19-2)9-5-8(14)3-4-10(9)20-7/h3-5,7,12H,6,15H2,1-2H3/t7-,12+/m1/s1. The summed E-state index contributed by atoms with van der Waals surface area (Å²) >= 11 is 0. The molecule has 2 atom stereocenters. The van der Waals surface area contributed by atoms with Gasteiger partial charge in [0.05, 0.1) is 12.8 Å². The summed E-state index contributed by atoms with van der Waals surface area (Å²) in [4.78, 5) is 24.8. The van der Waals surface area contributed by atoms with Crippen LogP contribution in [0.25, 0.3) is 0 Å². The Kier molecular flexibility index (Phi) is 3.89. The van der Waals surface area contributed by atoms with Gasteiger partial charge >= 0.3 is 5.97 Å². The van der Waals surface area contributed by atoms with E-state index in [4.69, 9.17) is 10.5 Å². The third kappa shape index (κ3) is 2.57. The van der Waals surface area contributed by atoms with Gasteiger partial charge in [-0.2, -0.15) is 0 Å². The molecular formula is C13H15FN2O4. The molecule has 0 saturated heterocycles. The first-order chi connectivity index (χ1) is 9.43. The average Bonchev–Trinajstić information content (AvgIpc) is 2.51. The van der Waals surface area contributed by atoms with Gasteiger partial charge in [-0.3, -0.25) is 14.5 Å². The molecule has 0 aromatic heterocycles. The molecule has 108 valence electrons. The van der Waals surface area contributed by atoms with Gasteiger partial charge in [-0.25, -0.2) is 4.39 Å². The number of halogens is 1. The van der Waals surface area contributed by atoms with Crippen LogP contribution in [0.3, 0.4) is 0 Å². The lowest BCUT2D eigenvalue weighted by atomic mass is 10.1. The van der Waals surface area contributed by atoms with E-state index in [0.717, 1.165) is 11.0 Å². The molecule has 2 N–H and O–H groups in total. The third-order valence-electron chi connectivity index (χ3n) is 3.10. The summed E-state index contributed by atoms with van der Waals surface area (Å²) in [6, 6.07) is 2.79. The fourth-order valence-corrected chi connectivity index (χ4v) is 1.93. The topological polar surface area (TPSA) is 81.9 Å². The van der Waals surface area contributed by atoms with Crippen molar-refractivity contribution in [3.05, 3.63) is 24.0 Å². The first kappa shape index (κ1) is 14.3. The number of carbonyl (C=O) groups is 2. The van der Waals surface area contributed by atoms with Crippen LogP contribution in [0.15, 0.2) is 18.2 Å².